The van der Waals surface area contributed by atoms with E-state index in [0.29, 0.717) is 5.56 Å². The predicted octanol–water partition coefficient (Wildman–Crippen LogP) is 1.53. The normalized spacial score (nSPS) is 13.7. The fourth-order valence-electron chi connectivity index (χ4n) is 3.11. The highest BCUT2D eigenvalue weighted by Gasteiger charge is 2.25. The first kappa shape index (κ1) is 21.0. The second-order valence-electron chi connectivity index (χ2n) is 6.51. The first-order valence-electron chi connectivity index (χ1n) is 9.05. The Kier molecular flexibility index (Phi) is 6.40. The molecule has 0 bridgehead atoms. The number of anilines is 2. The van der Waals surface area contributed by atoms with E-state index in [-0.39, 0.29) is 50.0 Å². The van der Waals surface area contributed by atoms with Crippen LogP contribution in [-0.2, 0) is 4.79 Å². The van der Waals surface area contributed by atoms with Crippen LogP contribution < -0.4 is 15.5 Å². The number of rotatable bonds is 5. The molecule has 11 heteroatoms. The maximum Gasteiger partial charge on any atom is 0.409 e. The van der Waals surface area contributed by atoms with Crippen molar-refractivity contribution in [2.75, 3.05) is 42.9 Å². The molecule has 1 aromatic carbocycles. The molecule has 1 aromatic heterocycles. The maximum atomic E-state index is 14.3. The van der Waals surface area contributed by atoms with E-state index >= 15 is 0 Å². The van der Waals surface area contributed by atoms with Crippen LogP contribution in [0, 0.1) is 11.6 Å². The number of piperazine rings is 1. The van der Waals surface area contributed by atoms with Crippen molar-refractivity contribution in [2.24, 2.45) is 0 Å². The Morgan fingerprint density at radius 3 is 2.33 bits per heavy atom. The zero-order valence-electron chi connectivity index (χ0n) is 15.8. The molecule has 158 valence electrons. The lowest BCUT2D eigenvalue weighted by Gasteiger charge is -2.36. The van der Waals surface area contributed by atoms with Gasteiger partial charge in [-0.05, 0) is 24.3 Å². The molecule has 0 aliphatic carbocycles. The van der Waals surface area contributed by atoms with Crippen LogP contribution in [0.3, 0.4) is 0 Å². The molecule has 0 spiro atoms. The van der Waals surface area contributed by atoms with Crippen LogP contribution in [0.5, 0.6) is 0 Å². The second kappa shape index (κ2) is 9.16. The number of benzene rings is 1. The summed E-state index contributed by atoms with van der Waals surface area (Å²) >= 11 is 0. The zero-order valence-corrected chi connectivity index (χ0v) is 15.8. The Morgan fingerprint density at radius 1 is 1.10 bits per heavy atom. The van der Waals surface area contributed by atoms with Gasteiger partial charge in [-0.1, -0.05) is 0 Å². The lowest BCUT2D eigenvalue weighted by atomic mass is 10.2. The number of carboxylic acid groups (broad SMARTS) is 1. The molecule has 3 amide bonds. The van der Waals surface area contributed by atoms with Gasteiger partial charge in [0.1, 0.15) is 5.69 Å². The van der Waals surface area contributed by atoms with Gasteiger partial charge in [0.15, 0.2) is 11.6 Å². The quantitative estimate of drug-likeness (QED) is 0.677. The van der Waals surface area contributed by atoms with E-state index in [0.717, 1.165) is 12.1 Å². The number of carbonyl (C=O) groups is 3. The summed E-state index contributed by atoms with van der Waals surface area (Å²) in [4.78, 5) is 41.7. The summed E-state index contributed by atoms with van der Waals surface area (Å²) < 4.78 is 28.6. The molecule has 0 unspecified atom stereocenters. The number of carbonyl (C=O) groups excluding carboxylic acids is 2. The van der Waals surface area contributed by atoms with Crippen molar-refractivity contribution in [2.45, 2.75) is 0 Å². The average Bonchev–Trinajstić information content (AvgIpc) is 2.72. The molecule has 1 fully saturated rings. The molecule has 2 heterocycles. The van der Waals surface area contributed by atoms with E-state index in [2.05, 4.69) is 10.3 Å². The van der Waals surface area contributed by atoms with Gasteiger partial charge < -0.3 is 20.2 Å². The van der Waals surface area contributed by atoms with Crippen molar-refractivity contribution in [3.63, 3.8) is 0 Å². The minimum atomic E-state index is -1.43. The Balaban J connectivity index is 1.55. The fourth-order valence-corrected chi connectivity index (χ4v) is 3.11. The third kappa shape index (κ3) is 4.99. The molecule has 3 rings (SSSR count). The first-order valence-corrected chi connectivity index (χ1v) is 9.05. The van der Waals surface area contributed by atoms with Crippen LogP contribution in [-0.4, -0.2) is 65.6 Å². The minimum absolute atomic E-state index is 0.182. The Morgan fingerprint density at radius 2 is 1.77 bits per heavy atom. The SMILES string of the molecule is O=C(O)Nc1cc(F)c(N2CCN(C(=O)CNC(=O)c3cccnc3)CC2)c(F)c1. The highest BCUT2D eigenvalue weighted by molar-refractivity contribution is 5.96. The lowest BCUT2D eigenvalue weighted by molar-refractivity contribution is -0.130. The van der Waals surface area contributed by atoms with E-state index in [9.17, 15) is 23.2 Å². The number of pyridine rings is 1. The molecule has 2 aromatic rings. The van der Waals surface area contributed by atoms with Crippen LogP contribution in [0.25, 0.3) is 0 Å². The minimum Gasteiger partial charge on any atom is -0.465 e. The van der Waals surface area contributed by atoms with Gasteiger partial charge in [0.25, 0.3) is 5.91 Å². The molecule has 9 nitrogen and oxygen atoms in total. The fraction of sp³-hybridized carbons (Fsp3) is 0.263. The van der Waals surface area contributed by atoms with E-state index in [4.69, 9.17) is 5.11 Å². The monoisotopic (exact) mass is 419 g/mol. The Bertz CT molecular complexity index is 926. The van der Waals surface area contributed by atoms with Gasteiger partial charge in [0.05, 0.1) is 12.1 Å². The third-order valence-corrected chi connectivity index (χ3v) is 4.54. The van der Waals surface area contributed by atoms with E-state index in [1.165, 1.54) is 22.2 Å². The number of amides is 3. The first-order chi connectivity index (χ1) is 14.3. The maximum absolute atomic E-state index is 14.3. The van der Waals surface area contributed by atoms with Crippen molar-refractivity contribution in [3.8, 4) is 0 Å². The van der Waals surface area contributed by atoms with Crippen molar-refractivity contribution < 1.29 is 28.3 Å². The summed E-state index contributed by atoms with van der Waals surface area (Å²) in [5.74, 6) is -2.53. The molecule has 0 radical (unpaired) electrons. The van der Waals surface area contributed by atoms with Crippen molar-refractivity contribution in [1.82, 2.24) is 15.2 Å². The molecule has 1 aliphatic rings. The van der Waals surface area contributed by atoms with Crippen LogP contribution in [0.15, 0.2) is 36.7 Å². The standard InChI is InChI=1S/C19H19F2N5O4/c20-14-8-13(24-19(29)30)9-15(21)17(14)26-6-4-25(5-7-26)16(27)11-23-18(28)12-2-1-3-22-10-12/h1-3,8-10,24H,4-7,11H2,(H,23,28)(H,29,30). The van der Waals surface area contributed by atoms with Gasteiger partial charge in [-0.25, -0.2) is 13.6 Å². The second-order valence-corrected chi connectivity index (χ2v) is 6.51. The van der Waals surface area contributed by atoms with Crippen LogP contribution in [0.2, 0.25) is 0 Å². The largest absolute Gasteiger partial charge is 0.465 e. The highest BCUT2D eigenvalue weighted by Crippen LogP contribution is 2.28. The summed E-state index contributed by atoms with van der Waals surface area (Å²) in [6, 6.07) is 4.99. The number of halogens is 2. The highest BCUT2D eigenvalue weighted by atomic mass is 19.1. The number of nitrogens with one attached hydrogen (secondary N) is 2. The number of aromatic nitrogens is 1. The van der Waals surface area contributed by atoms with Crippen LogP contribution in [0.4, 0.5) is 25.0 Å². The van der Waals surface area contributed by atoms with Crippen LogP contribution in [0.1, 0.15) is 10.4 Å². The van der Waals surface area contributed by atoms with Gasteiger partial charge in [-0.3, -0.25) is 19.9 Å². The lowest BCUT2D eigenvalue weighted by Crippen LogP contribution is -2.51. The predicted molar refractivity (Wildman–Crippen MR) is 103 cm³/mol. The Hall–Kier alpha value is -3.76. The number of hydrogen-bond acceptors (Lipinski definition) is 5. The third-order valence-electron chi connectivity index (χ3n) is 4.54. The molecule has 0 atom stereocenters. The average molecular weight is 419 g/mol. The molecule has 1 aliphatic heterocycles. The molecule has 1 saturated heterocycles. The Labute approximate surface area is 170 Å². The molecular formula is C19H19F2N5O4. The van der Waals surface area contributed by atoms with Gasteiger partial charge in [0, 0.05) is 44.3 Å². The van der Waals surface area contributed by atoms with E-state index in [1.807, 2.05) is 5.32 Å². The smallest absolute Gasteiger partial charge is 0.409 e. The van der Waals surface area contributed by atoms with Crippen molar-refractivity contribution in [1.29, 1.82) is 0 Å². The van der Waals surface area contributed by atoms with Crippen LogP contribution >= 0.6 is 0 Å². The number of hydrogen-bond donors (Lipinski definition) is 3. The number of nitrogens with zero attached hydrogens (tertiary/aromatic N) is 3. The molecule has 3 N–H and O–H groups in total. The van der Waals surface area contributed by atoms with E-state index < -0.39 is 23.6 Å². The summed E-state index contributed by atoms with van der Waals surface area (Å²) in [7, 11) is 0. The van der Waals surface area contributed by atoms with E-state index in [1.54, 1.807) is 12.1 Å². The van der Waals surface area contributed by atoms with Gasteiger partial charge in [0.2, 0.25) is 5.91 Å². The molecule has 0 saturated carbocycles. The molecule has 30 heavy (non-hydrogen) atoms. The zero-order chi connectivity index (χ0) is 21.7. The van der Waals surface area contributed by atoms with Gasteiger partial charge in [-0.15, -0.1) is 0 Å². The summed E-state index contributed by atoms with van der Waals surface area (Å²) in [5.41, 5.74) is -0.149. The summed E-state index contributed by atoms with van der Waals surface area (Å²) in [6.07, 6.45) is 1.49. The summed E-state index contributed by atoms with van der Waals surface area (Å²) in [5, 5.41) is 13.1. The topological polar surface area (TPSA) is 115 Å². The van der Waals surface area contributed by atoms with Gasteiger partial charge >= 0.3 is 6.09 Å². The van der Waals surface area contributed by atoms with Gasteiger partial charge in [-0.2, -0.15) is 0 Å². The van der Waals surface area contributed by atoms with Crippen molar-refractivity contribution in [3.05, 3.63) is 53.9 Å². The van der Waals surface area contributed by atoms with Crippen molar-refractivity contribution >= 4 is 29.3 Å². The molecular weight excluding hydrogens is 400 g/mol. The summed E-state index contributed by atoms with van der Waals surface area (Å²) in [6.45, 7) is 0.598.